The highest BCUT2D eigenvalue weighted by molar-refractivity contribution is 5.96. The molecule has 1 aliphatic heterocycles. The summed E-state index contributed by atoms with van der Waals surface area (Å²) < 4.78 is 1.79. The van der Waals surface area contributed by atoms with Gasteiger partial charge in [0.15, 0.2) is 0 Å². The number of aromatic nitrogens is 2. The zero-order chi connectivity index (χ0) is 15.9. The van der Waals surface area contributed by atoms with Crippen LogP contribution in [-0.4, -0.2) is 27.1 Å². The Balaban J connectivity index is 2.00. The highest BCUT2D eigenvalue weighted by Crippen LogP contribution is 2.33. The van der Waals surface area contributed by atoms with E-state index in [0.717, 1.165) is 36.3 Å². The first-order valence-corrected chi connectivity index (χ1v) is 7.93. The quantitative estimate of drug-likeness (QED) is 0.854. The van der Waals surface area contributed by atoms with Crippen LogP contribution in [-0.2, 0) is 13.5 Å². The molecule has 2 heterocycles. The fourth-order valence-corrected chi connectivity index (χ4v) is 3.56. The maximum absolute atomic E-state index is 13.1. The summed E-state index contributed by atoms with van der Waals surface area (Å²) in [6.45, 7) is 6.81. The van der Waals surface area contributed by atoms with Crippen LogP contribution in [0.25, 0.3) is 0 Å². The van der Waals surface area contributed by atoms with E-state index in [4.69, 9.17) is 0 Å². The van der Waals surface area contributed by atoms with Crippen molar-refractivity contribution in [3.63, 3.8) is 0 Å². The van der Waals surface area contributed by atoms with Gasteiger partial charge in [-0.15, -0.1) is 0 Å². The van der Waals surface area contributed by atoms with Crippen molar-refractivity contribution in [2.24, 2.45) is 7.05 Å². The standard InChI is InChI=1S/C18H23N3O/c1-5-16-15-9-7-6-8-14(15)10-11-21(16)18(22)17-12(2)19-20(4)13(17)3/h6-9,16H,5,10-11H2,1-4H3. The van der Waals surface area contributed by atoms with Gasteiger partial charge in [0.05, 0.1) is 17.3 Å². The Bertz CT molecular complexity index is 717. The molecule has 0 radical (unpaired) electrons. The van der Waals surface area contributed by atoms with E-state index in [1.807, 2.05) is 25.8 Å². The summed E-state index contributed by atoms with van der Waals surface area (Å²) in [6, 6.07) is 8.65. The molecule has 1 aliphatic rings. The van der Waals surface area contributed by atoms with Gasteiger partial charge >= 0.3 is 0 Å². The van der Waals surface area contributed by atoms with Gasteiger partial charge < -0.3 is 4.90 Å². The first kappa shape index (κ1) is 14.8. The SMILES string of the molecule is CCC1c2ccccc2CCN1C(=O)c1c(C)nn(C)c1C. The summed E-state index contributed by atoms with van der Waals surface area (Å²) >= 11 is 0. The van der Waals surface area contributed by atoms with Crippen LogP contribution < -0.4 is 0 Å². The van der Waals surface area contributed by atoms with Gasteiger partial charge in [-0.25, -0.2) is 0 Å². The number of carbonyl (C=O) groups is 1. The Morgan fingerprint density at radius 1 is 1.32 bits per heavy atom. The summed E-state index contributed by atoms with van der Waals surface area (Å²) in [7, 11) is 1.89. The third kappa shape index (κ3) is 2.23. The van der Waals surface area contributed by atoms with Crippen molar-refractivity contribution in [2.75, 3.05) is 6.54 Å². The van der Waals surface area contributed by atoms with E-state index in [1.54, 1.807) is 4.68 Å². The van der Waals surface area contributed by atoms with Gasteiger partial charge in [0.25, 0.3) is 5.91 Å². The summed E-state index contributed by atoms with van der Waals surface area (Å²) in [5, 5.41) is 4.39. The number of nitrogens with zero attached hydrogens (tertiary/aromatic N) is 3. The lowest BCUT2D eigenvalue weighted by Crippen LogP contribution is -2.40. The van der Waals surface area contributed by atoms with Gasteiger partial charge in [-0.1, -0.05) is 31.2 Å². The molecule has 1 aromatic heterocycles. The van der Waals surface area contributed by atoms with Crippen LogP contribution in [0.15, 0.2) is 24.3 Å². The lowest BCUT2D eigenvalue weighted by atomic mass is 9.90. The lowest BCUT2D eigenvalue weighted by Gasteiger charge is -2.37. The number of rotatable bonds is 2. The predicted molar refractivity (Wildman–Crippen MR) is 86.9 cm³/mol. The van der Waals surface area contributed by atoms with Gasteiger partial charge in [-0.3, -0.25) is 9.48 Å². The van der Waals surface area contributed by atoms with Crippen LogP contribution >= 0.6 is 0 Å². The minimum absolute atomic E-state index is 0.115. The highest BCUT2D eigenvalue weighted by Gasteiger charge is 2.32. The molecule has 0 fully saturated rings. The summed E-state index contributed by atoms with van der Waals surface area (Å²) in [5.74, 6) is 0.115. The third-order valence-electron chi connectivity index (χ3n) is 4.78. The lowest BCUT2D eigenvalue weighted by molar-refractivity contribution is 0.0654. The number of benzene rings is 1. The molecule has 0 aliphatic carbocycles. The monoisotopic (exact) mass is 297 g/mol. The molecule has 1 amide bonds. The number of aryl methyl sites for hydroxylation is 2. The summed E-state index contributed by atoms with van der Waals surface area (Å²) in [6.07, 6.45) is 1.86. The maximum atomic E-state index is 13.1. The normalized spacial score (nSPS) is 17.5. The molecule has 3 rings (SSSR count). The van der Waals surface area contributed by atoms with Crippen molar-refractivity contribution < 1.29 is 4.79 Å². The molecule has 0 saturated heterocycles. The van der Waals surface area contributed by atoms with E-state index in [-0.39, 0.29) is 11.9 Å². The summed E-state index contributed by atoms with van der Waals surface area (Å²) in [5.41, 5.74) is 5.19. The predicted octanol–water partition coefficient (Wildman–Crippen LogP) is 3.19. The molecule has 0 saturated carbocycles. The number of hydrogen-bond acceptors (Lipinski definition) is 2. The molecule has 22 heavy (non-hydrogen) atoms. The second kappa shape index (κ2) is 5.59. The Morgan fingerprint density at radius 2 is 2.05 bits per heavy atom. The fraction of sp³-hybridized carbons (Fsp3) is 0.444. The third-order valence-corrected chi connectivity index (χ3v) is 4.78. The largest absolute Gasteiger partial charge is 0.331 e. The molecule has 0 N–H and O–H groups in total. The van der Waals surface area contributed by atoms with Crippen molar-refractivity contribution in [1.82, 2.24) is 14.7 Å². The van der Waals surface area contributed by atoms with Crippen molar-refractivity contribution >= 4 is 5.91 Å². The van der Waals surface area contributed by atoms with Gasteiger partial charge in [0.2, 0.25) is 0 Å². The van der Waals surface area contributed by atoms with E-state index in [2.05, 4.69) is 36.3 Å². The molecular weight excluding hydrogens is 274 g/mol. The molecule has 2 aromatic rings. The maximum Gasteiger partial charge on any atom is 0.258 e. The minimum atomic E-state index is 0.115. The van der Waals surface area contributed by atoms with Crippen molar-refractivity contribution in [2.45, 2.75) is 39.7 Å². The van der Waals surface area contributed by atoms with Gasteiger partial charge in [0, 0.05) is 19.3 Å². The molecule has 1 unspecified atom stereocenters. The van der Waals surface area contributed by atoms with Crippen LogP contribution in [0.2, 0.25) is 0 Å². The van der Waals surface area contributed by atoms with E-state index < -0.39 is 0 Å². The number of fused-ring (bicyclic) bond motifs is 1. The van der Waals surface area contributed by atoms with Crippen LogP contribution in [0.4, 0.5) is 0 Å². The molecular formula is C18H23N3O. The number of amides is 1. The molecule has 0 spiro atoms. The Labute approximate surface area is 131 Å². The van der Waals surface area contributed by atoms with Crippen molar-refractivity contribution in [3.05, 3.63) is 52.3 Å². The first-order chi connectivity index (χ1) is 10.5. The fourth-order valence-electron chi connectivity index (χ4n) is 3.56. The Morgan fingerprint density at radius 3 is 2.68 bits per heavy atom. The number of hydrogen-bond donors (Lipinski definition) is 0. The van der Waals surface area contributed by atoms with E-state index in [0.29, 0.717) is 0 Å². The molecule has 0 bridgehead atoms. The summed E-state index contributed by atoms with van der Waals surface area (Å²) in [4.78, 5) is 15.1. The highest BCUT2D eigenvalue weighted by atomic mass is 16.2. The average Bonchev–Trinajstić information content (AvgIpc) is 2.78. The van der Waals surface area contributed by atoms with Crippen LogP contribution in [0.5, 0.6) is 0 Å². The Hall–Kier alpha value is -2.10. The van der Waals surface area contributed by atoms with Crippen LogP contribution in [0.1, 0.15) is 52.3 Å². The second-order valence-electron chi connectivity index (χ2n) is 6.04. The van der Waals surface area contributed by atoms with Gasteiger partial charge in [-0.05, 0) is 37.8 Å². The zero-order valence-electron chi connectivity index (χ0n) is 13.8. The smallest absolute Gasteiger partial charge is 0.258 e. The van der Waals surface area contributed by atoms with Crippen molar-refractivity contribution in [1.29, 1.82) is 0 Å². The van der Waals surface area contributed by atoms with Gasteiger partial charge in [0.1, 0.15) is 0 Å². The first-order valence-electron chi connectivity index (χ1n) is 7.93. The molecule has 4 heteroatoms. The molecule has 4 nitrogen and oxygen atoms in total. The topological polar surface area (TPSA) is 38.1 Å². The Kier molecular flexibility index (Phi) is 3.77. The molecule has 1 atom stereocenters. The van der Waals surface area contributed by atoms with Crippen LogP contribution in [0, 0.1) is 13.8 Å². The van der Waals surface area contributed by atoms with Gasteiger partial charge in [-0.2, -0.15) is 5.10 Å². The van der Waals surface area contributed by atoms with E-state index >= 15 is 0 Å². The van der Waals surface area contributed by atoms with Crippen molar-refractivity contribution in [3.8, 4) is 0 Å². The number of carbonyl (C=O) groups excluding carboxylic acids is 1. The average molecular weight is 297 g/mol. The second-order valence-corrected chi connectivity index (χ2v) is 6.04. The molecule has 116 valence electrons. The van der Waals surface area contributed by atoms with E-state index in [1.165, 1.54) is 11.1 Å². The zero-order valence-corrected chi connectivity index (χ0v) is 13.8. The van der Waals surface area contributed by atoms with E-state index in [9.17, 15) is 4.79 Å². The molecule has 1 aromatic carbocycles. The minimum Gasteiger partial charge on any atom is -0.331 e. The van der Waals surface area contributed by atoms with Crippen LogP contribution in [0.3, 0.4) is 0 Å².